The van der Waals surface area contributed by atoms with Crippen molar-refractivity contribution in [1.82, 2.24) is 5.32 Å². The summed E-state index contributed by atoms with van der Waals surface area (Å²) in [6.45, 7) is 4.27. The third-order valence-corrected chi connectivity index (χ3v) is 3.86. The largest absolute Gasteiger partial charge is 0.353 e. The highest BCUT2D eigenvalue weighted by atomic mass is 32.2. The molecular formula is C13H23NOS. The zero-order valence-electron chi connectivity index (χ0n) is 10.4. The predicted octanol–water partition coefficient (Wildman–Crippen LogP) is 2.99. The minimum atomic E-state index is 0.214. The van der Waals surface area contributed by atoms with Crippen molar-refractivity contribution in [3.8, 4) is 0 Å². The number of hydrogen-bond donors (Lipinski definition) is 1. The zero-order valence-corrected chi connectivity index (χ0v) is 11.2. The van der Waals surface area contributed by atoms with Crippen LogP contribution in [-0.2, 0) is 4.79 Å². The number of carbonyl (C=O) groups is 1. The molecule has 1 aliphatic carbocycles. The second-order valence-corrected chi connectivity index (χ2v) is 5.77. The summed E-state index contributed by atoms with van der Waals surface area (Å²) in [4.78, 5) is 11.9. The minimum Gasteiger partial charge on any atom is -0.353 e. The van der Waals surface area contributed by atoms with E-state index in [4.69, 9.17) is 0 Å². The SMILES string of the molecule is CCSCCC(C)NC(=O)C1CC=CCC1. The Bertz CT molecular complexity index is 240. The van der Waals surface area contributed by atoms with Gasteiger partial charge in [0.05, 0.1) is 0 Å². The van der Waals surface area contributed by atoms with Gasteiger partial charge in [-0.3, -0.25) is 4.79 Å². The quantitative estimate of drug-likeness (QED) is 0.572. The molecule has 0 aromatic carbocycles. The molecule has 0 saturated carbocycles. The molecule has 2 atom stereocenters. The van der Waals surface area contributed by atoms with Gasteiger partial charge in [-0.2, -0.15) is 11.8 Å². The van der Waals surface area contributed by atoms with Crippen LogP contribution >= 0.6 is 11.8 Å². The Kier molecular flexibility index (Phi) is 6.62. The molecule has 1 N–H and O–H groups in total. The molecule has 0 saturated heterocycles. The van der Waals surface area contributed by atoms with E-state index >= 15 is 0 Å². The molecule has 92 valence electrons. The van der Waals surface area contributed by atoms with E-state index in [0.717, 1.165) is 37.2 Å². The van der Waals surface area contributed by atoms with Crippen LogP contribution in [0.5, 0.6) is 0 Å². The van der Waals surface area contributed by atoms with Crippen LogP contribution in [-0.4, -0.2) is 23.5 Å². The topological polar surface area (TPSA) is 29.1 Å². The van der Waals surface area contributed by atoms with E-state index in [-0.39, 0.29) is 11.8 Å². The summed E-state index contributed by atoms with van der Waals surface area (Å²) in [5.74, 6) is 2.76. The van der Waals surface area contributed by atoms with Crippen molar-refractivity contribution < 1.29 is 4.79 Å². The zero-order chi connectivity index (χ0) is 11.8. The average molecular weight is 241 g/mol. The van der Waals surface area contributed by atoms with Gasteiger partial charge in [-0.25, -0.2) is 0 Å². The molecule has 0 bridgehead atoms. The minimum absolute atomic E-state index is 0.214. The van der Waals surface area contributed by atoms with Gasteiger partial charge in [0.1, 0.15) is 0 Å². The van der Waals surface area contributed by atoms with Gasteiger partial charge in [0, 0.05) is 12.0 Å². The molecule has 0 aromatic rings. The van der Waals surface area contributed by atoms with Crippen molar-refractivity contribution in [2.45, 2.75) is 45.6 Å². The number of hydrogen-bond acceptors (Lipinski definition) is 2. The number of rotatable bonds is 6. The number of carbonyl (C=O) groups excluding carboxylic acids is 1. The van der Waals surface area contributed by atoms with E-state index < -0.39 is 0 Å². The van der Waals surface area contributed by atoms with Crippen LogP contribution in [0.15, 0.2) is 12.2 Å². The summed E-state index contributed by atoms with van der Waals surface area (Å²) in [5, 5.41) is 3.12. The molecule has 0 radical (unpaired) electrons. The van der Waals surface area contributed by atoms with E-state index in [1.54, 1.807) is 0 Å². The lowest BCUT2D eigenvalue weighted by atomic mass is 9.93. The van der Waals surface area contributed by atoms with Gasteiger partial charge in [-0.05, 0) is 44.1 Å². The fourth-order valence-electron chi connectivity index (χ4n) is 1.87. The van der Waals surface area contributed by atoms with Gasteiger partial charge in [0.2, 0.25) is 5.91 Å². The molecule has 0 aliphatic heterocycles. The first-order valence-electron chi connectivity index (χ1n) is 6.27. The van der Waals surface area contributed by atoms with Crippen molar-refractivity contribution in [3.63, 3.8) is 0 Å². The van der Waals surface area contributed by atoms with Crippen LogP contribution in [0.4, 0.5) is 0 Å². The highest BCUT2D eigenvalue weighted by Gasteiger charge is 2.19. The van der Waals surface area contributed by atoms with E-state index in [1.165, 1.54) is 0 Å². The maximum atomic E-state index is 11.9. The molecule has 0 spiro atoms. The van der Waals surface area contributed by atoms with Crippen molar-refractivity contribution in [1.29, 1.82) is 0 Å². The summed E-state index contributed by atoms with van der Waals surface area (Å²) in [7, 11) is 0. The number of nitrogens with one attached hydrogen (secondary N) is 1. The Morgan fingerprint density at radius 3 is 3.00 bits per heavy atom. The lowest BCUT2D eigenvalue weighted by Gasteiger charge is -2.20. The molecule has 1 aliphatic rings. The molecule has 1 amide bonds. The fraction of sp³-hybridized carbons (Fsp3) is 0.769. The van der Waals surface area contributed by atoms with Crippen LogP contribution in [0.25, 0.3) is 0 Å². The van der Waals surface area contributed by atoms with Gasteiger partial charge in [-0.1, -0.05) is 19.1 Å². The number of thioether (sulfide) groups is 1. The Hall–Kier alpha value is -0.440. The molecule has 1 rings (SSSR count). The van der Waals surface area contributed by atoms with Gasteiger partial charge < -0.3 is 5.32 Å². The highest BCUT2D eigenvalue weighted by molar-refractivity contribution is 7.99. The monoisotopic (exact) mass is 241 g/mol. The third kappa shape index (κ3) is 5.06. The molecule has 0 fully saturated rings. The maximum absolute atomic E-state index is 11.9. The second kappa shape index (κ2) is 7.77. The lowest BCUT2D eigenvalue weighted by molar-refractivity contribution is -0.125. The first-order valence-corrected chi connectivity index (χ1v) is 7.42. The Labute approximate surface area is 103 Å². The van der Waals surface area contributed by atoms with E-state index in [9.17, 15) is 4.79 Å². The third-order valence-electron chi connectivity index (χ3n) is 2.93. The maximum Gasteiger partial charge on any atom is 0.223 e. The highest BCUT2D eigenvalue weighted by Crippen LogP contribution is 2.18. The Morgan fingerprint density at radius 2 is 2.38 bits per heavy atom. The summed E-state index contributed by atoms with van der Waals surface area (Å²) >= 11 is 1.94. The molecule has 0 heterocycles. The van der Waals surface area contributed by atoms with Crippen LogP contribution in [0.1, 0.15) is 39.5 Å². The smallest absolute Gasteiger partial charge is 0.223 e. The van der Waals surface area contributed by atoms with Crippen LogP contribution < -0.4 is 5.32 Å². The predicted molar refractivity (Wildman–Crippen MR) is 71.7 cm³/mol. The average Bonchev–Trinajstić information content (AvgIpc) is 2.30. The molecule has 16 heavy (non-hydrogen) atoms. The molecule has 2 nitrogen and oxygen atoms in total. The second-order valence-electron chi connectivity index (χ2n) is 4.38. The van der Waals surface area contributed by atoms with Crippen molar-refractivity contribution in [2.75, 3.05) is 11.5 Å². The first-order chi connectivity index (χ1) is 7.74. The van der Waals surface area contributed by atoms with Gasteiger partial charge in [0.25, 0.3) is 0 Å². The summed E-state index contributed by atoms with van der Waals surface area (Å²) in [6.07, 6.45) is 8.36. The standard InChI is InChI=1S/C13H23NOS/c1-3-16-10-9-11(2)14-13(15)12-7-5-4-6-8-12/h4-5,11-12H,3,6-10H2,1-2H3,(H,14,15). The van der Waals surface area contributed by atoms with Gasteiger partial charge >= 0.3 is 0 Å². The van der Waals surface area contributed by atoms with Crippen molar-refractivity contribution in [2.24, 2.45) is 5.92 Å². The van der Waals surface area contributed by atoms with Crippen molar-refractivity contribution in [3.05, 3.63) is 12.2 Å². The summed E-state index contributed by atoms with van der Waals surface area (Å²) in [5.41, 5.74) is 0. The summed E-state index contributed by atoms with van der Waals surface area (Å²) in [6, 6.07) is 0.317. The lowest BCUT2D eigenvalue weighted by Crippen LogP contribution is -2.37. The normalized spacial score (nSPS) is 21.8. The van der Waals surface area contributed by atoms with Crippen molar-refractivity contribution >= 4 is 17.7 Å². The summed E-state index contributed by atoms with van der Waals surface area (Å²) < 4.78 is 0. The Morgan fingerprint density at radius 1 is 1.56 bits per heavy atom. The van der Waals surface area contributed by atoms with Gasteiger partial charge in [0.15, 0.2) is 0 Å². The molecular weight excluding hydrogens is 218 g/mol. The fourth-order valence-corrected chi connectivity index (χ4v) is 2.68. The molecule has 3 heteroatoms. The molecule has 2 unspecified atom stereocenters. The number of amides is 1. The van der Waals surface area contributed by atoms with E-state index in [0.29, 0.717) is 6.04 Å². The van der Waals surface area contributed by atoms with Crippen LogP contribution in [0.2, 0.25) is 0 Å². The molecule has 0 aromatic heterocycles. The van der Waals surface area contributed by atoms with Gasteiger partial charge in [-0.15, -0.1) is 0 Å². The van der Waals surface area contributed by atoms with Crippen LogP contribution in [0.3, 0.4) is 0 Å². The van der Waals surface area contributed by atoms with E-state index in [1.807, 2.05) is 11.8 Å². The number of allylic oxidation sites excluding steroid dienone is 2. The Balaban J connectivity index is 2.19. The van der Waals surface area contributed by atoms with Crippen LogP contribution in [0, 0.1) is 5.92 Å². The first kappa shape index (κ1) is 13.6. The van der Waals surface area contributed by atoms with E-state index in [2.05, 4.69) is 31.3 Å².